The molecule has 2 rings (SSSR count). The van der Waals surface area contributed by atoms with Gasteiger partial charge in [0.05, 0.1) is 24.8 Å². The van der Waals surface area contributed by atoms with Crippen molar-refractivity contribution >= 4 is 11.9 Å². The standard InChI is InChI=1S/C14H16N4O3/c15-7-10-2-1-3-11(6-10)8-17-14(20)18-4-5-21-12(9-18)13(16)19/h1-3,6,12H,4-5,8-9H2,(H2,16,19)(H,17,20)/t12-/m0/s1. The van der Waals surface area contributed by atoms with E-state index in [9.17, 15) is 9.59 Å². The Hall–Kier alpha value is -2.59. The third-order valence-electron chi connectivity index (χ3n) is 3.17. The van der Waals surface area contributed by atoms with Crippen LogP contribution in [0.5, 0.6) is 0 Å². The molecule has 21 heavy (non-hydrogen) atoms. The highest BCUT2D eigenvalue weighted by atomic mass is 16.5. The molecule has 1 aliphatic heterocycles. The second-order valence-corrected chi connectivity index (χ2v) is 4.68. The first kappa shape index (κ1) is 14.8. The molecule has 1 fully saturated rings. The number of nitriles is 1. The monoisotopic (exact) mass is 288 g/mol. The Bertz CT molecular complexity index is 582. The summed E-state index contributed by atoms with van der Waals surface area (Å²) in [7, 11) is 0. The normalized spacial score (nSPS) is 17.9. The van der Waals surface area contributed by atoms with Gasteiger partial charge in [0, 0.05) is 13.1 Å². The third kappa shape index (κ3) is 3.94. The van der Waals surface area contributed by atoms with Crippen molar-refractivity contribution in [3.05, 3.63) is 35.4 Å². The van der Waals surface area contributed by atoms with Crippen molar-refractivity contribution in [2.75, 3.05) is 19.7 Å². The summed E-state index contributed by atoms with van der Waals surface area (Å²) >= 11 is 0. The van der Waals surface area contributed by atoms with Crippen LogP contribution in [0.1, 0.15) is 11.1 Å². The Morgan fingerprint density at radius 1 is 1.52 bits per heavy atom. The first-order valence-electron chi connectivity index (χ1n) is 6.53. The molecule has 3 N–H and O–H groups in total. The van der Waals surface area contributed by atoms with Gasteiger partial charge in [-0.2, -0.15) is 5.26 Å². The molecule has 0 spiro atoms. The zero-order valence-corrected chi connectivity index (χ0v) is 11.4. The molecular weight excluding hydrogens is 272 g/mol. The van der Waals surface area contributed by atoms with Gasteiger partial charge in [-0.1, -0.05) is 12.1 Å². The summed E-state index contributed by atoms with van der Waals surface area (Å²) in [4.78, 5) is 24.6. The number of rotatable bonds is 3. The Labute approximate surface area is 122 Å². The number of carbonyl (C=O) groups is 2. The molecule has 0 aromatic heterocycles. The minimum absolute atomic E-state index is 0.152. The van der Waals surface area contributed by atoms with Crippen molar-refractivity contribution in [1.29, 1.82) is 5.26 Å². The maximum atomic E-state index is 12.0. The molecule has 0 unspecified atom stereocenters. The molecular formula is C14H16N4O3. The van der Waals surface area contributed by atoms with Gasteiger partial charge in [0.15, 0.2) is 6.10 Å². The average Bonchev–Trinajstić information content (AvgIpc) is 2.53. The number of carbonyl (C=O) groups excluding carboxylic acids is 2. The van der Waals surface area contributed by atoms with Gasteiger partial charge in [-0.25, -0.2) is 4.79 Å². The summed E-state index contributed by atoms with van der Waals surface area (Å²) in [5.41, 5.74) is 6.55. The topological polar surface area (TPSA) is 108 Å². The number of primary amides is 1. The second kappa shape index (κ2) is 6.72. The van der Waals surface area contributed by atoms with Gasteiger partial charge < -0.3 is 20.7 Å². The molecule has 1 saturated heterocycles. The number of amides is 3. The lowest BCUT2D eigenvalue weighted by molar-refractivity contribution is -0.133. The Balaban J connectivity index is 1.89. The number of urea groups is 1. The van der Waals surface area contributed by atoms with Crippen LogP contribution in [0.3, 0.4) is 0 Å². The SMILES string of the molecule is N#Cc1cccc(CNC(=O)N2CCO[C@H](C(N)=O)C2)c1. The van der Waals surface area contributed by atoms with Gasteiger partial charge in [0.1, 0.15) is 0 Å². The van der Waals surface area contributed by atoms with Crippen LogP contribution in [0.2, 0.25) is 0 Å². The first-order valence-corrected chi connectivity index (χ1v) is 6.53. The lowest BCUT2D eigenvalue weighted by Crippen LogP contribution is -2.53. The van der Waals surface area contributed by atoms with Crippen molar-refractivity contribution < 1.29 is 14.3 Å². The van der Waals surface area contributed by atoms with E-state index in [1.165, 1.54) is 4.90 Å². The number of hydrogen-bond donors (Lipinski definition) is 2. The zero-order valence-electron chi connectivity index (χ0n) is 11.4. The van der Waals surface area contributed by atoms with Crippen molar-refractivity contribution in [3.8, 4) is 6.07 Å². The van der Waals surface area contributed by atoms with Gasteiger partial charge in [0.25, 0.3) is 0 Å². The zero-order chi connectivity index (χ0) is 15.2. The van der Waals surface area contributed by atoms with E-state index in [-0.39, 0.29) is 19.2 Å². The van der Waals surface area contributed by atoms with E-state index in [0.717, 1.165) is 5.56 Å². The van der Waals surface area contributed by atoms with Crippen LogP contribution in [0, 0.1) is 11.3 Å². The molecule has 1 aromatic carbocycles. The van der Waals surface area contributed by atoms with E-state index in [1.54, 1.807) is 18.2 Å². The van der Waals surface area contributed by atoms with Crippen LogP contribution in [0.4, 0.5) is 4.79 Å². The Kier molecular flexibility index (Phi) is 4.74. The number of ether oxygens (including phenoxy) is 1. The summed E-state index contributed by atoms with van der Waals surface area (Å²) in [5.74, 6) is -0.575. The van der Waals surface area contributed by atoms with Crippen molar-refractivity contribution in [2.45, 2.75) is 12.6 Å². The van der Waals surface area contributed by atoms with Crippen LogP contribution in [0.25, 0.3) is 0 Å². The van der Waals surface area contributed by atoms with Gasteiger partial charge in [-0.15, -0.1) is 0 Å². The molecule has 1 atom stereocenters. The van der Waals surface area contributed by atoms with E-state index in [2.05, 4.69) is 5.32 Å². The molecule has 7 heteroatoms. The Morgan fingerprint density at radius 2 is 2.33 bits per heavy atom. The lowest BCUT2D eigenvalue weighted by atomic mass is 10.1. The van der Waals surface area contributed by atoms with E-state index in [4.69, 9.17) is 15.7 Å². The fourth-order valence-electron chi connectivity index (χ4n) is 2.05. The molecule has 3 amide bonds. The third-order valence-corrected chi connectivity index (χ3v) is 3.17. The number of benzene rings is 1. The largest absolute Gasteiger partial charge is 0.367 e. The summed E-state index contributed by atoms with van der Waals surface area (Å²) in [6.07, 6.45) is -0.758. The van der Waals surface area contributed by atoms with Crippen molar-refractivity contribution in [2.24, 2.45) is 5.73 Å². The van der Waals surface area contributed by atoms with E-state index >= 15 is 0 Å². The molecule has 1 heterocycles. The van der Waals surface area contributed by atoms with Crippen LogP contribution in [0.15, 0.2) is 24.3 Å². The highest BCUT2D eigenvalue weighted by Crippen LogP contribution is 2.07. The maximum absolute atomic E-state index is 12.0. The number of nitrogens with one attached hydrogen (secondary N) is 1. The summed E-state index contributed by atoms with van der Waals surface area (Å²) in [5, 5.41) is 11.6. The fourth-order valence-corrected chi connectivity index (χ4v) is 2.05. The number of morpholine rings is 1. The molecule has 0 saturated carbocycles. The molecule has 1 aliphatic rings. The Morgan fingerprint density at radius 3 is 3.05 bits per heavy atom. The van der Waals surface area contributed by atoms with Crippen molar-refractivity contribution in [1.82, 2.24) is 10.2 Å². The second-order valence-electron chi connectivity index (χ2n) is 4.68. The van der Waals surface area contributed by atoms with Crippen LogP contribution < -0.4 is 11.1 Å². The van der Waals surface area contributed by atoms with Gasteiger partial charge in [-0.3, -0.25) is 4.79 Å². The minimum atomic E-state index is -0.758. The van der Waals surface area contributed by atoms with Gasteiger partial charge >= 0.3 is 6.03 Å². The predicted octanol–water partition coefficient (Wildman–Crippen LogP) is -0.0460. The van der Waals surface area contributed by atoms with Crippen LogP contribution in [-0.4, -0.2) is 42.6 Å². The number of nitrogens with two attached hydrogens (primary N) is 1. The van der Waals surface area contributed by atoms with E-state index in [1.807, 2.05) is 12.1 Å². The van der Waals surface area contributed by atoms with Crippen LogP contribution >= 0.6 is 0 Å². The van der Waals surface area contributed by atoms with Gasteiger partial charge in [0.2, 0.25) is 5.91 Å². The molecule has 1 aromatic rings. The molecule has 0 aliphatic carbocycles. The number of nitrogens with zero attached hydrogens (tertiary/aromatic N) is 2. The average molecular weight is 288 g/mol. The summed E-state index contributed by atoms with van der Waals surface area (Å²) in [6, 6.07) is 8.76. The fraction of sp³-hybridized carbons (Fsp3) is 0.357. The maximum Gasteiger partial charge on any atom is 0.317 e. The van der Waals surface area contributed by atoms with Crippen molar-refractivity contribution in [3.63, 3.8) is 0 Å². The quantitative estimate of drug-likeness (QED) is 0.813. The van der Waals surface area contributed by atoms with Gasteiger partial charge in [-0.05, 0) is 17.7 Å². The smallest absolute Gasteiger partial charge is 0.317 e. The highest BCUT2D eigenvalue weighted by molar-refractivity contribution is 5.81. The molecule has 0 radical (unpaired) electrons. The molecule has 7 nitrogen and oxygen atoms in total. The summed E-state index contributed by atoms with van der Waals surface area (Å²) < 4.78 is 5.18. The minimum Gasteiger partial charge on any atom is -0.367 e. The highest BCUT2D eigenvalue weighted by Gasteiger charge is 2.27. The summed E-state index contributed by atoms with van der Waals surface area (Å²) in [6.45, 7) is 1.16. The molecule has 110 valence electrons. The molecule has 0 bridgehead atoms. The van der Waals surface area contributed by atoms with E-state index in [0.29, 0.717) is 18.7 Å². The first-order chi connectivity index (χ1) is 10.1. The number of hydrogen-bond acceptors (Lipinski definition) is 4. The van der Waals surface area contributed by atoms with Crippen LogP contribution in [-0.2, 0) is 16.1 Å². The lowest BCUT2D eigenvalue weighted by Gasteiger charge is -2.31. The van der Waals surface area contributed by atoms with E-state index < -0.39 is 12.0 Å². The predicted molar refractivity (Wildman–Crippen MR) is 73.9 cm³/mol.